The molecule has 0 bridgehead atoms. The van der Waals surface area contributed by atoms with Crippen molar-refractivity contribution in [2.24, 2.45) is 0 Å². The Labute approximate surface area is 126 Å². The first-order chi connectivity index (χ1) is 10.3. The number of hydrogen-bond donors (Lipinski definition) is 0. The first-order valence-corrected chi connectivity index (χ1v) is 7.84. The normalized spacial score (nSPS) is 17.3. The molecular formula is C19H21NO. The lowest BCUT2D eigenvalue weighted by Crippen LogP contribution is -2.15. The molecule has 21 heavy (non-hydrogen) atoms. The van der Waals surface area contributed by atoms with E-state index in [0.717, 1.165) is 24.8 Å². The molecule has 0 spiro atoms. The van der Waals surface area contributed by atoms with Crippen molar-refractivity contribution in [1.82, 2.24) is 4.98 Å². The number of aromatic nitrogens is 1. The first kappa shape index (κ1) is 14.0. The molecule has 1 heterocycles. The number of aryl methyl sites for hydroxylation is 2. The number of pyridine rings is 1. The van der Waals surface area contributed by atoms with E-state index in [9.17, 15) is 4.79 Å². The number of fused-ring (bicyclic) bond motifs is 1. The van der Waals surface area contributed by atoms with Gasteiger partial charge in [0, 0.05) is 12.6 Å². The van der Waals surface area contributed by atoms with Gasteiger partial charge >= 0.3 is 0 Å². The molecule has 1 aliphatic carbocycles. The predicted octanol–water partition coefficient (Wildman–Crippen LogP) is 4.34. The molecule has 1 atom stereocenters. The van der Waals surface area contributed by atoms with Gasteiger partial charge in [0.05, 0.1) is 0 Å². The van der Waals surface area contributed by atoms with Crippen LogP contribution in [0.1, 0.15) is 59.3 Å². The maximum atomic E-state index is 12.6. The molecule has 1 aliphatic rings. The van der Waals surface area contributed by atoms with Gasteiger partial charge < -0.3 is 0 Å². The van der Waals surface area contributed by atoms with E-state index in [-0.39, 0.29) is 5.78 Å². The third-order valence-electron chi connectivity index (χ3n) is 4.46. The van der Waals surface area contributed by atoms with Crippen molar-refractivity contribution in [3.8, 4) is 0 Å². The smallest absolute Gasteiger partial charge is 0.182 e. The Bertz CT molecular complexity index is 648. The summed E-state index contributed by atoms with van der Waals surface area (Å²) in [7, 11) is 0. The zero-order valence-corrected chi connectivity index (χ0v) is 12.5. The maximum Gasteiger partial charge on any atom is 0.182 e. The summed E-state index contributed by atoms with van der Waals surface area (Å²) in [6.07, 6.45) is 6.60. The number of hydrogen-bond acceptors (Lipinski definition) is 2. The lowest BCUT2D eigenvalue weighted by Gasteiger charge is -2.25. The van der Waals surface area contributed by atoms with Crippen LogP contribution in [0.2, 0.25) is 0 Å². The third-order valence-corrected chi connectivity index (χ3v) is 4.46. The van der Waals surface area contributed by atoms with Crippen LogP contribution in [0.3, 0.4) is 0 Å². The van der Waals surface area contributed by atoms with E-state index in [2.05, 4.69) is 36.2 Å². The molecule has 2 nitrogen and oxygen atoms in total. The Hall–Kier alpha value is -1.96. The lowest BCUT2D eigenvalue weighted by atomic mass is 9.80. The minimum Gasteiger partial charge on any atom is -0.292 e. The van der Waals surface area contributed by atoms with E-state index in [1.54, 1.807) is 6.20 Å². The molecule has 0 radical (unpaired) electrons. The molecule has 0 saturated carbocycles. The first-order valence-electron chi connectivity index (χ1n) is 7.84. The summed E-state index contributed by atoms with van der Waals surface area (Å²) in [6.45, 7) is 2.07. The highest BCUT2D eigenvalue weighted by Gasteiger charge is 2.24. The Morgan fingerprint density at radius 3 is 2.95 bits per heavy atom. The Morgan fingerprint density at radius 1 is 1.24 bits per heavy atom. The van der Waals surface area contributed by atoms with Gasteiger partial charge in [-0.3, -0.25) is 9.78 Å². The van der Waals surface area contributed by atoms with Crippen LogP contribution < -0.4 is 0 Å². The molecule has 1 aromatic heterocycles. The summed E-state index contributed by atoms with van der Waals surface area (Å²) in [4.78, 5) is 17.0. The molecule has 3 rings (SSSR count). The summed E-state index contributed by atoms with van der Waals surface area (Å²) >= 11 is 0. The molecule has 0 aliphatic heterocycles. The lowest BCUT2D eigenvalue weighted by molar-refractivity contribution is 0.0965. The van der Waals surface area contributed by atoms with Crippen LogP contribution in [-0.2, 0) is 12.8 Å². The molecule has 2 heteroatoms. The van der Waals surface area contributed by atoms with Crippen LogP contribution in [0, 0.1) is 0 Å². The Balaban J connectivity index is 1.83. The number of rotatable bonds is 4. The van der Waals surface area contributed by atoms with Crippen LogP contribution in [0.5, 0.6) is 0 Å². The second kappa shape index (κ2) is 6.21. The van der Waals surface area contributed by atoms with E-state index in [1.807, 2.05) is 12.1 Å². The molecular weight excluding hydrogens is 258 g/mol. The van der Waals surface area contributed by atoms with Crippen molar-refractivity contribution in [1.29, 1.82) is 0 Å². The van der Waals surface area contributed by atoms with Crippen LogP contribution in [0.4, 0.5) is 0 Å². The molecule has 0 amide bonds. The van der Waals surface area contributed by atoms with E-state index < -0.39 is 0 Å². The van der Waals surface area contributed by atoms with Crippen molar-refractivity contribution in [2.45, 2.75) is 44.9 Å². The fourth-order valence-corrected chi connectivity index (χ4v) is 3.36. The van der Waals surface area contributed by atoms with Crippen molar-refractivity contribution in [3.05, 3.63) is 65.0 Å². The molecule has 0 fully saturated rings. The topological polar surface area (TPSA) is 30.0 Å². The number of benzene rings is 1. The SMILES string of the molecule is CCc1cccnc1C(=O)CC1CCCc2ccccc21. The van der Waals surface area contributed by atoms with Gasteiger partial charge in [0.25, 0.3) is 0 Å². The molecule has 108 valence electrons. The largest absolute Gasteiger partial charge is 0.292 e. The van der Waals surface area contributed by atoms with Gasteiger partial charge in [0.1, 0.15) is 5.69 Å². The standard InChI is InChI=1S/C19H21NO/c1-2-14-10-6-12-20-19(14)18(21)13-16-9-5-8-15-7-3-4-11-17(15)16/h3-4,6-7,10-12,16H,2,5,8-9,13H2,1H3. The van der Waals surface area contributed by atoms with E-state index in [0.29, 0.717) is 18.0 Å². The predicted molar refractivity (Wildman–Crippen MR) is 84.7 cm³/mol. The van der Waals surface area contributed by atoms with Crippen LogP contribution in [0.25, 0.3) is 0 Å². The summed E-state index contributed by atoms with van der Waals surface area (Å²) < 4.78 is 0. The van der Waals surface area contributed by atoms with Crippen molar-refractivity contribution in [3.63, 3.8) is 0 Å². The third kappa shape index (κ3) is 2.90. The molecule has 0 saturated heterocycles. The zero-order valence-electron chi connectivity index (χ0n) is 12.5. The Kier molecular flexibility index (Phi) is 4.14. The number of carbonyl (C=O) groups is 1. The van der Waals surface area contributed by atoms with Gasteiger partial charge in [-0.15, -0.1) is 0 Å². The summed E-state index contributed by atoms with van der Waals surface area (Å²) in [5.74, 6) is 0.545. The van der Waals surface area contributed by atoms with Gasteiger partial charge in [0.15, 0.2) is 5.78 Å². The van der Waals surface area contributed by atoms with E-state index in [1.165, 1.54) is 17.5 Å². The van der Waals surface area contributed by atoms with Crippen LogP contribution >= 0.6 is 0 Å². The number of Topliss-reactive ketones (excluding diaryl/α,β-unsaturated/α-hetero) is 1. The van der Waals surface area contributed by atoms with Crippen LogP contribution in [-0.4, -0.2) is 10.8 Å². The van der Waals surface area contributed by atoms with Gasteiger partial charge in [-0.1, -0.05) is 37.3 Å². The summed E-state index contributed by atoms with van der Waals surface area (Å²) in [6, 6.07) is 12.5. The summed E-state index contributed by atoms with van der Waals surface area (Å²) in [5.41, 5.74) is 4.51. The monoisotopic (exact) mass is 279 g/mol. The second-order valence-corrected chi connectivity index (χ2v) is 5.78. The molecule has 1 aromatic carbocycles. The van der Waals surface area contributed by atoms with Gasteiger partial charge in [0.2, 0.25) is 0 Å². The minimum absolute atomic E-state index is 0.189. The average Bonchev–Trinajstić information content (AvgIpc) is 2.55. The van der Waals surface area contributed by atoms with E-state index in [4.69, 9.17) is 0 Å². The van der Waals surface area contributed by atoms with Gasteiger partial charge in [-0.2, -0.15) is 0 Å². The molecule has 1 unspecified atom stereocenters. The molecule has 0 N–H and O–H groups in total. The van der Waals surface area contributed by atoms with Crippen molar-refractivity contribution >= 4 is 5.78 Å². The number of carbonyl (C=O) groups excluding carboxylic acids is 1. The van der Waals surface area contributed by atoms with Crippen molar-refractivity contribution < 1.29 is 4.79 Å². The minimum atomic E-state index is 0.189. The Morgan fingerprint density at radius 2 is 2.10 bits per heavy atom. The number of ketones is 1. The van der Waals surface area contributed by atoms with Gasteiger partial charge in [-0.25, -0.2) is 0 Å². The quantitative estimate of drug-likeness (QED) is 0.779. The zero-order chi connectivity index (χ0) is 14.7. The van der Waals surface area contributed by atoms with E-state index >= 15 is 0 Å². The highest BCUT2D eigenvalue weighted by Crippen LogP contribution is 2.34. The fourth-order valence-electron chi connectivity index (χ4n) is 3.36. The fraction of sp³-hybridized carbons (Fsp3) is 0.368. The highest BCUT2D eigenvalue weighted by molar-refractivity contribution is 5.96. The van der Waals surface area contributed by atoms with Crippen LogP contribution in [0.15, 0.2) is 42.6 Å². The second-order valence-electron chi connectivity index (χ2n) is 5.78. The highest BCUT2D eigenvalue weighted by atomic mass is 16.1. The maximum absolute atomic E-state index is 12.6. The van der Waals surface area contributed by atoms with Crippen molar-refractivity contribution in [2.75, 3.05) is 0 Å². The molecule has 2 aromatic rings. The van der Waals surface area contributed by atoms with Gasteiger partial charge in [-0.05, 0) is 54.4 Å². The average molecular weight is 279 g/mol. The number of nitrogens with zero attached hydrogens (tertiary/aromatic N) is 1. The summed E-state index contributed by atoms with van der Waals surface area (Å²) in [5, 5.41) is 0.